The second kappa shape index (κ2) is 7.84. The van der Waals surface area contributed by atoms with E-state index in [1.54, 1.807) is 6.07 Å². The lowest BCUT2D eigenvalue weighted by Crippen LogP contribution is -2.13. The summed E-state index contributed by atoms with van der Waals surface area (Å²) in [5.74, 6) is 0.534. The average molecular weight is 377 g/mol. The summed E-state index contributed by atoms with van der Waals surface area (Å²) in [7, 11) is 0. The summed E-state index contributed by atoms with van der Waals surface area (Å²) in [5, 5.41) is 12.0. The van der Waals surface area contributed by atoms with Crippen LogP contribution in [0.1, 0.15) is 16.1 Å². The molecule has 0 unspecified atom stereocenters. The fraction of sp³-hybridized carbons (Fsp3) is 0.0500. The molecule has 0 aliphatic rings. The minimum atomic E-state index is -0.387. The smallest absolute Gasteiger partial charge is 0.293 e. The maximum absolute atomic E-state index is 12.5. The predicted octanol–water partition coefficient (Wildman–Crippen LogP) is 4.63. The molecule has 1 amide bonds. The summed E-state index contributed by atoms with van der Waals surface area (Å²) in [6.07, 6.45) is 1.47. The van der Waals surface area contributed by atoms with Crippen molar-refractivity contribution in [3.8, 4) is 16.3 Å². The van der Waals surface area contributed by atoms with Crippen LogP contribution in [-0.4, -0.2) is 16.1 Å². The van der Waals surface area contributed by atoms with Crippen molar-refractivity contribution in [2.24, 2.45) is 0 Å². The van der Waals surface area contributed by atoms with Crippen LogP contribution in [0.25, 0.3) is 10.6 Å². The first-order valence-electron chi connectivity index (χ1n) is 8.24. The number of hydrogen-bond donors (Lipinski definition) is 1. The highest BCUT2D eigenvalue weighted by molar-refractivity contribution is 7.18. The van der Waals surface area contributed by atoms with E-state index in [0.29, 0.717) is 10.7 Å². The van der Waals surface area contributed by atoms with E-state index >= 15 is 0 Å². The number of carbonyl (C=O) groups is 1. The normalized spacial score (nSPS) is 10.5. The Morgan fingerprint density at radius 3 is 2.52 bits per heavy atom. The first-order valence-corrected chi connectivity index (χ1v) is 9.06. The number of aromatic nitrogens is 2. The number of furan rings is 1. The largest absolute Gasteiger partial charge is 0.489 e. The Hall–Kier alpha value is -3.45. The molecular formula is C20H15N3O3S. The lowest BCUT2D eigenvalue weighted by Gasteiger charge is -2.06. The van der Waals surface area contributed by atoms with E-state index in [9.17, 15) is 4.79 Å². The van der Waals surface area contributed by atoms with Crippen molar-refractivity contribution in [2.45, 2.75) is 6.61 Å². The highest BCUT2D eigenvalue weighted by atomic mass is 32.1. The van der Waals surface area contributed by atoms with Crippen LogP contribution in [0.4, 0.5) is 5.13 Å². The number of rotatable bonds is 6. The molecule has 0 atom stereocenters. The number of ether oxygens (including phenoxy) is 1. The molecule has 1 N–H and O–H groups in total. The summed E-state index contributed by atoms with van der Waals surface area (Å²) in [6.45, 7) is 0.231. The monoisotopic (exact) mass is 377 g/mol. The van der Waals surface area contributed by atoms with E-state index < -0.39 is 0 Å². The second-order valence-electron chi connectivity index (χ2n) is 5.61. The molecule has 0 spiro atoms. The molecule has 2 heterocycles. The summed E-state index contributed by atoms with van der Waals surface area (Å²) in [4.78, 5) is 12.5. The van der Waals surface area contributed by atoms with E-state index in [-0.39, 0.29) is 18.3 Å². The van der Waals surface area contributed by atoms with Crippen molar-refractivity contribution in [3.63, 3.8) is 0 Å². The Bertz CT molecular complexity index is 1030. The second-order valence-corrected chi connectivity index (χ2v) is 6.59. The predicted molar refractivity (Wildman–Crippen MR) is 103 cm³/mol. The first kappa shape index (κ1) is 17.0. The molecule has 0 fully saturated rings. The maximum Gasteiger partial charge on any atom is 0.293 e. The van der Waals surface area contributed by atoms with Crippen molar-refractivity contribution < 1.29 is 13.9 Å². The number of amides is 1. The molecule has 6 nitrogen and oxygen atoms in total. The number of anilines is 1. The quantitative estimate of drug-likeness (QED) is 0.530. The SMILES string of the molecule is O=C(Nc1nnc(-c2ccccc2)s1)c1occc1COc1ccccc1. The summed E-state index contributed by atoms with van der Waals surface area (Å²) >= 11 is 1.30. The zero-order chi connectivity index (χ0) is 18.5. The molecule has 0 saturated carbocycles. The highest BCUT2D eigenvalue weighted by Gasteiger charge is 2.18. The first-order chi connectivity index (χ1) is 13.3. The Kier molecular flexibility index (Phi) is 4.93. The average Bonchev–Trinajstić information content (AvgIpc) is 3.37. The van der Waals surface area contributed by atoms with E-state index in [2.05, 4.69) is 15.5 Å². The molecule has 0 bridgehead atoms. The minimum absolute atomic E-state index is 0.197. The molecule has 2 aromatic carbocycles. The van der Waals surface area contributed by atoms with Gasteiger partial charge in [-0.25, -0.2) is 0 Å². The van der Waals surface area contributed by atoms with Gasteiger partial charge < -0.3 is 9.15 Å². The number of nitrogens with one attached hydrogen (secondary N) is 1. The van der Waals surface area contributed by atoms with Crippen molar-refractivity contribution in [3.05, 3.63) is 84.3 Å². The van der Waals surface area contributed by atoms with Gasteiger partial charge in [0.2, 0.25) is 5.13 Å². The van der Waals surface area contributed by atoms with E-state index in [1.165, 1.54) is 17.6 Å². The van der Waals surface area contributed by atoms with Gasteiger partial charge in [0.15, 0.2) is 5.76 Å². The summed E-state index contributed by atoms with van der Waals surface area (Å²) < 4.78 is 11.0. The van der Waals surface area contributed by atoms with E-state index in [1.807, 2.05) is 60.7 Å². The van der Waals surface area contributed by atoms with E-state index in [0.717, 1.165) is 16.3 Å². The Morgan fingerprint density at radius 1 is 1.00 bits per heavy atom. The van der Waals surface area contributed by atoms with Crippen LogP contribution in [-0.2, 0) is 6.61 Å². The molecule has 0 radical (unpaired) electrons. The lowest BCUT2D eigenvalue weighted by molar-refractivity contribution is 0.0993. The van der Waals surface area contributed by atoms with Crippen LogP contribution in [0.3, 0.4) is 0 Å². The fourth-order valence-corrected chi connectivity index (χ4v) is 3.20. The van der Waals surface area contributed by atoms with Crippen molar-refractivity contribution in [1.29, 1.82) is 0 Å². The molecule has 0 aliphatic carbocycles. The molecule has 0 saturated heterocycles. The van der Waals surface area contributed by atoms with Crippen molar-refractivity contribution in [2.75, 3.05) is 5.32 Å². The molecule has 7 heteroatoms. The van der Waals surface area contributed by atoms with Gasteiger partial charge in [0.1, 0.15) is 17.4 Å². The van der Waals surface area contributed by atoms with Gasteiger partial charge >= 0.3 is 0 Å². The van der Waals surface area contributed by atoms with Crippen molar-refractivity contribution >= 4 is 22.4 Å². The summed E-state index contributed by atoms with van der Waals surface area (Å²) in [5.41, 5.74) is 1.61. The third kappa shape index (κ3) is 4.04. The Balaban J connectivity index is 1.43. The van der Waals surface area contributed by atoms with Crippen molar-refractivity contribution in [1.82, 2.24) is 10.2 Å². The molecule has 2 aromatic heterocycles. The highest BCUT2D eigenvalue weighted by Crippen LogP contribution is 2.26. The zero-order valence-corrected chi connectivity index (χ0v) is 15.0. The number of benzene rings is 2. The van der Waals surface area contributed by atoms with Gasteiger partial charge in [-0.05, 0) is 18.2 Å². The molecule has 27 heavy (non-hydrogen) atoms. The Morgan fingerprint density at radius 2 is 1.74 bits per heavy atom. The third-order valence-corrected chi connectivity index (χ3v) is 4.64. The topological polar surface area (TPSA) is 77.3 Å². The number of para-hydroxylation sites is 1. The fourth-order valence-electron chi connectivity index (χ4n) is 2.45. The van der Waals surface area contributed by atoms with Gasteiger partial charge in [-0.1, -0.05) is 59.9 Å². The van der Waals surface area contributed by atoms with Gasteiger partial charge in [0.25, 0.3) is 5.91 Å². The van der Waals surface area contributed by atoms with Crippen LogP contribution in [0, 0.1) is 0 Å². The third-order valence-electron chi connectivity index (χ3n) is 3.76. The van der Waals surface area contributed by atoms with Crippen LogP contribution >= 0.6 is 11.3 Å². The molecule has 4 aromatic rings. The molecule has 4 rings (SSSR count). The summed E-state index contributed by atoms with van der Waals surface area (Å²) in [6, 6.07) is 20.8. The molecular weight excluding hydrogens is 362 g/mol. The number of nitrogens with zero attached hydrogens (tertiary/aromatic N) is 2. The van der Waals surface area contributed by atoms with Crippen LogP contribution in [0.2, 0.25) is 0 Å². The Labute approximate surface area is 159 Å². The van der Waals surface area contributed by atoms with Gasteiger partial charge in [-0.2, -0.15) is 0 Å². The van der Waals surface area contributed by atoms with Crippen LogP contribution in [0.5, 0.6) is 5.75 Å². The van der Waals surface area contributed by atoms with Crippen LogP contribution in [0.15, 0.2) is 77.4 Å². The lowest BCUT2D eigenvalue weighted by atomic mass is 10.2. The van der Waals surface area contributed by atoms with Gasteiger partial charge in [-0.3, -0.25) is 10.1 Å². The molecule has 134 valence electrons. The number of hydrogen-bond acceptors (Lipinski definition) is 6. The van der Waals surface area contributed by atoms with Gasteiger partial charge in [-0.15, -0.1) is 10.2 Å². The van der Waals surface area contributed by atoms with Gasteiger partial charge in [0.05, 0.1) is 6.26 Å². The van der Waals surface area contributed by atoms with Crippen LogP contribution < -0.4 is 10.1 Å². The standard InChI is InChI=1S/C20H15N3O3S/c24-18(21-20-23-22-19(27-20)14-7-3-1-4-8-14)17-15(11-12-25-17)13-26-16-9-5-2-6-10-16/h1-12H,13H2,(H,21,23,24). The van der Waals surface area contributed by atoms with E-state index in [4.69, 9.17) is 9.15 Å². The number of carbonyl (C=O) groups excluding carboxylic acids is 1. The van der Waals surface area contributed by atoms with Gasteiger partial charge in [0, 0.05) is 11.1 Å². The zero-order valence-electron chi connectivity index (χ0n) is 14.2. The molecule has 0 aliphatic heterocycles. The minimum Gasteiger partial charge on any atom is -0.489 e. The maximum atomic E-state index is 12.5.